The number of hydrogen-bond acceptors (Lipinski definition) is 4. The van der Waals surface area contributed by atoms with Crippen LogP contribution in [0.2, 0.25) is 5.02 Å². The molecule has 0 aromatic heterocycles. The van der Waals surface area contributed by atoms with E-state index in [1.54, 1.807) is 0 Å². The average Bonchev–Trinajstić information content (AvgIpc) is 3.12. The maximum atomic E-state index is 14.7. The van der Waals surface area contributed by atoms with Gasteiger partial charge in [-0.15, -0.1) is 0 Å². The fourth-order valence-corrected chi connectivity index (χ4v) is 3.27. The van der Waals surface area contributed by atoms with Gasteiger partial charge in [-0.05, 0) is 23.3 Å². The minimum atomic E-state index is -6.78. The second-order valence-electron chi connectivity index (χ2n) is 7.16. The van der Waals surface area contributed by atoms with Crippen LogP contribution in [-0.2, 0) is 4.79 Å². The van der Waals surface area contributed by atoms with Gasteiger partial charge in [0.1, 0.15) is 0 Å². The van der Waals surface area contributed by atoms with Crippen molar-refractivity contribution in [2.75, 3.05) is 0 Å². The molecule has 0 aliphatic carbocycles. The summed E-state index contributed by atoms with van der Waals surface area (Å²) in [6, 6.07) is 11.3. The van der Waals surface area contributed by atoms with Crippen molar-refractivity contribution in [3.8, 4) is 0 Å². The van der Waals surface area contributed by atoms with Crippen LogP contribution in [0.15, 0.2) is 59.7 Å². The lowest BCUT2D eigenvalue weighted by molar-refractivity contribution is -0.401. The van der Waals surface area contributed by atoms with Crippen LogP contribution in [0.3, 0.4) is 0 Å². The Morgan fingerprint density at radius 1 is 1.00 bits per heavy atom. The summed E-state index contributed by atoms with van der Waals surface area (Å²) in [7, 11) is 0. The van der Waals surface area contributed by atoms with Gasteiger partial charge in [0.15, 0.2) is 6.10 Å². The zero-order valence-corrected chi connectivity index (χ0v) is 17.0. The van der Waals surface area contributed by atoms with Gasteiger partial charge in [0.2, 0.25) is 5.72 Å². The minimum absolute atomic E-state index is 0.0894. The number of nitrogens with zero attached hydrogens (tertiary/aromatic N) is 2. The molecule has 0 saturated carbocycles. The second-order valence-corrected chi connectivity index (χ2v) is 7.59. The Morgan fingerprint density at radius 2 is 1.55 bits per heavy atom. The fraction of sp³-hybridized carbons (Fsp3) is 0.300. The molecular formula is C20H14ClF7N2O3. The molecule has 1 heterocycles. The molecule has 2 N–H and O–H groups in total. The molecular weight excluding hydrogens is 485 g/mol. The molecule has 3 rings (SSSR count). The molecule has 1 aliphatic rings. The Bertz CT molecular complexity index is 1060. The lowest BCUT2D eigenvalue weighted by atomic mass is 9.91. The Balaban J connectivity index is 2.13. The van der Waals surface area contributed by atoms with Crippen LogP contribution < -0.4 is 0 Å². The first-order valence-corrected chi connectivity index (χ1v) is 9.46. The van der Waals surface area contributed by atoms with Crippen molar-refractivity contribution in [2.24, 2.45) is 5.10 Å². The summed E-state index contributed by atoms with van der Waals surface area (Å²) in [4.78, 5) is 12.7. The highest BCUT2D eigenvalue weighted by atomic mass is 35.5. The van der Waals surface area contributed by atoms with Crippen molar-refractivity contribution in [1.82, 2.24) is 5.01 Å². The molecule has 2 atom stereocenters. The van der Waals surface area contributed by atoms with Gasteiger partial charge < -0.3 is 10.2 Å². The summed E-state index contributed by atoms with van der Waals surface area (Å²) < 4.78 is 95.6. The van der Waals surface area contributed by atoms with Gasteiger partial charge in [-0.25, -0.2) is 0 Å². The van der Waals surface area contributed by atoms with E-state index in [1.807, 2.05) is 0 Å². The van der Waals surface area contributed by atoms with Gasteiger partial charge in [-0.2, -0.15) is 40.8 Å². The second kappa shape index (κ2) is 8.26. The Labute approximate surface area is 186 Å². The third kappa shape index (κ3) is 4.06. The van der Waals surface area contributed by atoms with E-state index in [4.69, 9.17) is 11.6 Å². The van der Waals surface area contributed by atoms with Gasteiger partial charge in [0.05, 0.1) is 5.71 Å². The van der Waals surface area contributed by atoms with Crippen LogP contribution in [0.1, 0.15) is 23.7 Å². The summed E-state index contributed by atoms with van der Waals surface area (Å²) in [5.41, 5.74) is -5.37. The lowest BCUT2D eigenvalue weighted by Gasteiger charge is -2.41. The first-order valence-electron chi connectivity index (χ1n) is 9.09. The van der Waals surface area contributed by atoms with E-state index in [-0.39, 0.29) is 16.1 Å². The van der Waals surface area contributed by atoms with Crippen molar-refractivity contribution in [1.29, 1.82) is 0 Å². The number of rotatable bonds is 5. The summed E-state index contributed by atoms with van der Waals surface area (Å²) in [5.74, 6) is -14.9. The molecule has 5 nitrogen and oxygen atoms in total. The number of carbonyl (C=O) groups excluding carboxylic acids is 1. The highest BCUT2D eigenvalue weighted by Gasteiger charge is 2.82. The number of hydrogen-bond donors (Lipinski definition) is 2. The quantitative estimate of drug-likeness (QED) is 0.595. The van der Waals surface area contributed by atoms with Crippen LogP contribution in [-0.4, -0.2) is 50.6 Å². The van der Waals surface area contributed by atoms with Crippen LogP contribution in [0.4, 0.5) is 30.7 Å². The fourth-order valence-electron chi connectivity index (χ4n) is 3.15. The van der Waals surface area contributed by atoms with E-state index in [1.165, 1.54) is 54.6 Å². The average molecular weight is 499 g/mol. The SMILES string of the molecule is O=C([C@H](O)c1ccccc1)N1N=C(c2ccc(Cl)cc2)C[C@]1(O)C(F)(F)C(F)(F)C(F)(F)F. The smallest absolute Gasteiger partial charge is 0.378 e. The monoisotopic (exact) mass is 498 g/mol. The molecule has 0 radical (unpaired) electrons. The Hall–Kier alpha value is -2.70. The van der Waals surface area contributed by atoms with Crippen LogP contribution >= 0.6 is 11.6 Å². The highest BCUT2D eigenvalue weighted by Crippen LogP contribution is 2.55. The number of aliphatic hydroxyl groups excluding tert-OH is 1. The van der Waals surface area contributed by atoms with Crippen molar-refractivity contribution in [3.05, 3.63) is 70.7 Å². The highest BCUT2D eigenvalue weighted by molar-refractivity contribution is 6.30. The lowest BCUT2D eigenvalue weighted by Crippen LogP contribution is -2.69. The molecule has 178 valence electrons. The predicted molar refractivity (Wildman–Crippen MR) is 102 cm³/mol. The molecule has 0 fully saturated rings. The van der Waals surface area contributed by atoms with Crippen LogP contribution in [0.5, 0.6) is 0 Å². The first kappa shape index (κ1) is 24.9. The molecule has 0 spiro atoms. The summed E-state index contributed by atoms with van der Waals surface area (Å²) in [5, 5.41) is 23.8. The maximum Gasteiger partial charge on any atom is 0.460 e. The van der Waals surface area contributed by atoms with Crippen LogP contribution in [0.25, 0.3) is 0 Å². The van der Waals surface area contributed by atoms with Crippen LogP contribution in [0, 0.1) is 0 Å². The standard InChI is InChI=1S/C20H14ClF7N2O3/c21-13-8-6-11(7-9-13)14-10-17(33,18(22,23)19(24,25)20(26,27)28)30(29-14)16(32)15(31)12-4-2-1-3-5-12/h1-9,15,31,33H,10H2/t15-,17+/m1/s1. The largest absolute Gasteiger partial charge is 0.460 e. The summed E-state index contributed by atoms with van der Waals surface area (Å²) in [6.07, 6.45) is -10.7. The van der Waals surface area contributed by atoms with Crippen molar-refractivity contribution in [3.63, 3.8) is 0 Å². The van der Waals surface area contributed by atoms with E-state index < -0.39 is 52.9 Å². The number of benzene rings is 2. The summed E-state index contributed by atoms with van der Waals surface area (Å²) >= 11 is 5.71. The Morgan fingerprint density at radius 3 is 2.06 bits per heavy atom. The van der Waals surface area contributed by atoms with E-state index in [2.05, 4.69) is 5.10 Å². The number of amides is 1. The predicted octanol–water partition coefficient (Wildman–Crippen LogP) is 4.53. The van der Waals surface area contributed by atoms with Crippen molar-refractivity contribution < 1.29 is 45.7 Å². The molecule has 0 unspecified atom stereocenters. The van der Waals surface area contributed by atoms with Gasteiger partial charge in [-0.1, -0.05) is 54.1 Å². The zero-order chi connectivity index (χ0) is 24.8. The molecule has 13 heteroatoms. The molecule has 1 aliphatic heterocycles. The number of carbonyl (C=O) groups is 1. The summed E-state index contributed by atoms with van der Waals surface area (Å²) in [6.45, 7) is 0. The van der Waals surface area contributed by atoms with Gasteiger partial charge in [-0.3, -0.25) is 4.79 Å². The molecule has 0 saturated heterocycles. The van der Waals surface area contributed by atoms with E-state index in [0.717, 1.165) is 0 Å². The topological polar surface area (TPSA) is 73.1 Å². The number of halogens is 8. The van der Waals surface area contributed by atoms with E-state index >= 15 is 0 Å². The van der Waals surface area contributed by atoms with Gasteiger partial charge >= 0.3 is 18.0 Å². The van der Waals surface area contributed by atoms with E-state index in [9.17, 15) is 45.7 Å². The van der Waals surface area contributed by atoms with Gasteiger partial charge in [0.25, 0.3) is 5.91 Å². The third-order valence-electron chi connectivity index (χ3n) is 4.97. The number of aliphatic hydroxyl groups is 2. The molecule has 0 bridgehead atoms. The minimum Gasteiger partial charge on any atom is -0.378 e. The van der Waals surface area contributed by atoms with Gasteiger partial charge in [0, 0.05) is 11.4 Å². The Kier molecular flexibility index (Phi) is 6.24. The number of hydrazone groups is 1. The molecule has 2 aromatic carbocycles. The maximum absolute atomic E-state index is 14.7. The van der Waals surface area contributed by atoms with E-state index in [0.29, 0.717) is 0 Å². The zero-order valence-electron chi connectivity index (χ0n) is 16.2. The molecule has 33 heavy (non-hydrogen) atoms. The molecule has 1 amide bonds. The number of alkyl halides is 7. The van der Waals surface area contributed by atoms with Crippen molar-refractivity contribution >= 4 is 23.2 Å². The van der Waals surface area contributed by atoms with Crippen molar-refractivity contribution in [2.45, 2.75) is 36.3 Å². The first-order chi connectivity index (χ1) is 15.1. The third-order valence-corrected chi connectivity index (χ3v) is 5.23. The normalized spacial score (nSPS) is 20.5. The molecule has 2 aromatic rings.